The molecule has 30 heavy (non-hydrogen) atoms. The molecular weight excluding hydrogens is 394 g/mol. The number of carbonyl (C=O) groups is 3. The topological polar surface area (TPSA) is 86.9 Å². The zero-order chi connectivity index (χ0) is 21.6. The molecule has 0 radical (unpaired) electrons. The second kappa shape index (κ2) is 7.52. The van der Waals surface area contributed by atoms with Crippen molar-refractivity contribution in [1.29, 1.82) is 0 Å². The molecule has 2 heterocycles. The number of amides is 4. The summed E-state index contributed by atoms with van der Waals surface area (Å²) in [5.41, 5.74) is 4.53. The molecule has 3 fully saturated rings. The largest absolute Gasteiger partial charge is 0.351 e. The van der Waals surface area contributed by atoms with E-state index in [-0.39, 0.29) is 44.0 Å². The molecule has 1 aromatic rings. The first-order valence-electron chi connectivity index (χ1n) is 10.3. The minimum atomic E-state index is -1.21. The van der Waals surface area contributed by atoms with Crippen molar-refractivity contribution in [2.24, 2.45) is 11.7 Å². The molecule has 4 rings (SSSR count). The zero-order valence-electron chi connectivity index (χ0n) is 16.9. The normalized spacial score (nSPS) is 26.2. The molecule has 1 aliphatic carbocycles. The number of hydrogen-bond donors (Lipinski definition) is 1. The highest BCUT2D eigenvalue weighted by Gasteiger charge is 2.61. The number of urea groups is 1. The number of piperazine rings is 1. The monoisotopic (exact) mass is 420 g/mol. The molecule has 0 atom stereocenters. The number of halogens is 2. The maximum Gasteiger partial charge on any atom is 0.314 e. The molecule has 2 aliphatic heterocycles. The van der Waals surface area contributed by atoms with Gasteiger partial charge in [-0.2, -0.15) is 0 Å². The number of carbonyl (C=O) groups excluding carboxylic acids is 3. The van der Waals surface area contributed by atoms with Gasteiger partial charge < -0.3 is 20.4 Å². The van der Waals surface area contributed by atoms with Crippen LogP contribution in [0.4, 0.5) is 13.6 Å². The van der Waals surface area contributed by atoms with E-state index in [1.807, 2.05) is 0 Å². The molecule has 0 aromatic heterocycles. The van der Waals surface area contributed by atoms with Gasteiger partial charge in [-0.15, -0.1) is 0 Å². The van der Waals surface area contributed by atoms with Gasteiger partial charge in [0.2, 0.25) is 5.91 Å². The van der Waals surface area contributed by atoms with E-state index in [9.17, 15) is 23.2 Å². The number of primary amides is 1. The maximum absolute atomic E-state index is 13.7. The molecule has 2 saturated heterocycles. The fourth-order valence-electron chi connectivity index (χ4n) is 4.88. The molecule has 0 unspecified atom stereocenters. The predicted molar refractivity (Wildman–Crippen MR) is 104 cm³/mol. The molecule has 1 spiro atoms. The van der Waals surface area contributed by atoms with E-state index in [1.54, 1.807) is 4.90 Å². The summed E-state index contributed by atoms with van der Waals surface area (Å²) in [5, 5.41) is 0. The van der Waals surface area contributed by atoms with Crippen molar-refractivity contribution in [2.75, 3.05) is 19.6 Å². The number of hydrogen-bond acceptors (Lipinski definition) is 3. The van der Waals surface area contributed by atoms with Crippen molar-refractivity contribution in [2.45, 2.75) is 50.7 Å². The van der Waals surface area contributed by atoms with E-state index in [1.165, 1.54) is 15.9 Å². The smallest absolute Gasteiger partial charge is 0.314 e. The Labute approximate surface area is 173 Å². The van der Waals surface area contributed by atoms with Gasteiger partial charge in [-0.3, -0.25) is 9.59 Å². The summed E-state index contributed by atoms with van der Waals surface area (Å²) in [6.07, 6.45) is 3.70. The van der Waals surface area contributed by atoms with Crippen LogP contribution in [-0.4, -0.2) is 63.8 Å². The van der Waals surface area contributed by atoms with Gasteiger partial charge in [-0.25, -0.2) is 13.6 Å². The minimum absolute atomic E-state index is 0.00238. The van der Waals surface area contributed by atoms with Crippen LogP contribution >= 0.6 is 0 Å². The van der Waals surface area contributed by atoms with Gasteiger partial charge in [0, 0.05) is 12.6 Å². The summed E-state index contributed by atoms with van der Waals surface area (Å²) < 4.78 is 27.0. The van der Waals surface area contributed by atoms with Gasteiger partial charge in [0.25, 0.3) is 5.91 Å². The van der Waals surface area contributed by atoms with Crippen molar-refractivity contribution in [3.05, 3.63) is 35.4 Å². The molecule has 1 saturated carbocycles. The van der Waals surface area contributed by atoms with Gasteiger partial charge in [0.05, 0.1) is 13.1 Å². The molecule has 3 aliphatic rings. The summed E-state index contributed by atoms with van der Waals surface area (Å²) in [6, 6.07) is 2.77. The lowest BCUT2D eigenvalue weighted by atomic mass is 9.80. The standard InChI is InChI=1S/C21H26F2N4O3/c1-13-2-5-15(6-3-13)26-10-18(28)27(9-14-4-7-16(22)17(23)8-14)21(19(26)29)11-25(12-21)20(24)30/h4,7-8,13,15H,2-3,5-6,9-12H2,1H3,(H2,24,30)/t13-,15-. The minimum Gasteiger partial charge on any atom is -0.351 e. The van der Waals surface area contributed by atoms with E-state index in [4.69, 9.17) is 5.73 Å². The Kier molecular flexibility index (Phi) is 5.15. The van der Waals surface area contributed by atoms with Crippen molar-refractivity contribution >= 4 is 17.8 Å². The van der Waals surface area contributed by atoms with Crippen LogP contribution in [0.2, 0.25) is 0 Å². The third-order valence-electron chi connectivity index (χ3n) is 6.75. The highest BCUT2D eigenvalue weighted by molar-refractivity contribution is 6.00. The molecular formula is C21H26F2N4O3. The van der Waals surface area contributed by atoms with Gasteiger partial charge in [0.1, 0.15) is 6.54 Å². The van der Waals surface area contributed by atoms with Crippen molar-refractivity contribution in [3.63, 3.8) is 0 Å². The number of likely N-dealkylation sites (tertiary alicyclic amines) is 1. The fraction of sp³-hybridized carbons (Fsp3) is 0.571. The molecule has 162 valence electrons. The maximum atomic E-state index is 13.7. The molecule has 9 heteroatoms. The Balaban J connectivity index is 1.61. The Morgan fingerprint density at radius 2 is 1.80 bits per heavy atom. The van der Waals surface area contributed by atoms with Crippen LogP contribution in [0, 0.1) is 17.6 Å². The highest BCUT2D eigenvalue weighted by atomic mass is 19.2. The molecule has 0 bridgehead atoms. The van der Waals surface area contributed by atoms with Crippen molar-refractivity contribution in [3.8, 4) is 0 Å². The summed E-state index contributed by atoms with van der Waals surface area (Å²) in [4.78, 5) is 42.7. The van der Waals surface area contributed by atoms with Crippen LogP contribution in [0.15, 0.2) is 18.2 Å². The van der Waals surface area contributed by atoms with Gasteiger partial charge >= 0.3 is 6.03 Å². The second-order valence-corrected chi connectivity index (χ2v) is 8.80. The van der Waals surface area contributed by atoms with Crippen LogP contribution in [0.5, 0.6) is 0 Å². The second-order valence-electron chi connectivity index (χ2n) is 8.80. The molecule has 1 aromatic carbocycles. The first-order valence-corrected chi connectivity index (χ1v) is 10.3. The van der Waals surface area contributed by atoms with E-state index in [0.29, 0.717) is 11.5 Å². The predicted octanol–water partition coefficient (Wildman–Crippen LogP) is 1.85. The molecule has 4 amide bonds. The Morgan fingerprint density at radius 3 is 2.40 bits per heavy atom. The first-order chi connectivity index (χ1) is 14.2. The average Bonchev–Trinajstić information content (AvgIpc) is 2.66. The SMILES string of the molecule is C[C@H]1CC[C@H](N2CC(=O)N(Cc3ccc(F)c(F)c3)C3(CN(C(N)=O)C3)C2=O)CC1. The summed E-state index contributed by atoms with van der Waals surface area (Å²) in [7, 11) is 0. The van der Waals surface area contributed by atoms with Gasteiger partial charge in [-0.05, 0) is 49.3 Å². The third kappa shape index (κ3) is 3.40. The van der Waals surface area contributed by atoms with Crippen LogP contribution < -0.4 is 5.73 Å². The zero-order valence-corrected chi connectivity index (χ0v) is 16.9. The number of rotatable bonds is 3. The summed E-state index contributed by atoms with van der Waals surface area (Å²) >= 11 is 0. The Morgan fingerprint density at radius 1 is 1.13 bits per heavy atom. The summed E-state index contributed by atoms with van der Waals surface area (Å²) in [5.74, 6) is -1.84. The van der Waals surface area contributed by atoms with Gasteiger partial charge in [0.15, 0.2) is 17.2 Å². The van der Waals surface area contributed by atoms with Crippen molar-refractivity contribution in [1.82, 2.24) is 14.7 Å². The van der Waals surface area contributed by atoms with E-state index >= 15 is 0 Å². The van der Waals surface area contributed by atoms with Crippen molar-refractivity contribution < 1.29 is 23.2 Å². The Hall–Kier alpha value is -2.71. The van der Waals surface area contributed by atoms with Crippen LogP contribution in [0.1, 0.15) is 38.2 Å². The first kappa shape index (κ1) is 20.6. The van der Waals surface area contributed by atoms with E-state index < -0.39 is 23.2 Å². The fourth-order valence-corrected chi connectivity index (χ4v) is 4.88. The summed E-state index contributed by atoms with van der Waals surface area (Å²) in [6.45, 7) is 2.12. The third-order valence-corrected chi connectivity index (χ3v) is 6.75. The number of nitrogens with two attached hydrogens (primary N) is 1. The highest BCUT2D eigenvalue weighted by Crippen LogP contribution is 2.38. The van der Waals surface area contributed by atoms with Crippen LogP contribution in [-0.2, 0) is 16.1 Å². The lowest BCUT2D eigenvalue weighted by molar-refractivity contribution is -0.179. The average molecular weight is 420 g/mol. The molecule has 2 N–H and O–H groups in total. The molecule has 7 nitrogen and oxygen atoms in total. The lowest BCUT2D eigenvalue weighted by Gasteiger charge is -2.58. The van der Waals surface area contributed by atoms with Crippen LogP contribution in [0.25, 0.3) is 0 Å². The lowest BCUT2D eigenvalue weighted by Crippen LogP contribution is -2.82. The quantitative estimate of drug-likeness (QED) is 0.810. The Bertz CT molecular complexity index is 879. The van der Waals surface area contributed by atoms with Gasteiger partial charge in [-0.1, -0.05) is 13.0 Å². The number of benzene rings is 1. The van der Waals surface area contributed by atoms with E-state index in [0.717, 1.165) is 37.8 Å². The van der Waals surface area contributed by atoms with Crippen LogP contribution in [0.3, 0.4) is 0 Å². The van der Waals surface area contributed by atoms with E-state index in [2.05, 4.69) is 6.92 Å². The number of nitrogens with zero attached hydrogens (tertiary/aromatic N) is 3.